The molecule has 37 heavy (non-hydrogen) atoms. The molecule has 2 heterocycles. The van der Waals surface area contributed by atoms with Gasteiger partial charge < -0.3 is 20.3 Å². The topological polar surface area (TPSA) is 83.0 Å². The van der Waals surface area contributed by atoms with Crippen LogP contribution in [0.1, 0.15) is 64.1 Å². The maximum atomic E-state index is 13.8. The number of benzene rings is 2. The Kier molecular flexibility index (Phi) is 8.07. The van der Waals surface area contributed by atoms with Crippen molar-refractivity contribution in [2.75, 3.05) is 12.4 Å². The molecule has 2 aliphatic heterocycles. The van der Waals surface area contributed by atoms with Gasteiger partial charge in [-0.2, -0.15) is 0 Å². The number of anilines is 1. The summed E-state index contributed by atoms with van der Waals surface area (Å²) in [4.78, 5) is 33.3. The van der Waals surface area contributed by atoms with E-state index in [9.17, 15) is 9.59 Å². The minimum absolute atomic E-state index is 0.0454. The Labute approximate surface area is 223 Å². The molecule has 0 unspecified atom stereocenters. The number of fused-ring (bicyclic) bond motifs is 1. The first-order valence-electron chi connectivity index (χ1n) is 12.5. The number of carbonyl (C=O) groups is 2. The predicted molar refractivity (Wildman–Crippen MR) is 150 cm³/mol. The zero-order chi connectivity index (χ0) is 26.7. The molecule has 2 N–H and O–H groups in total. The van der Waals surface area contributed by atoms with Crippen molar-refractivity contribution in [2.45, 2.75) is 59.0 Å². The standard InChI is InChI=1S/C29H34N4O3S/c1-17(2)20-7-9-21(10-8-20)27-26(28(35)32-22-11-13-24(36-6)14-12-22)19(5)31-29-33(27)23(16-37-29)15-25(34)30-18(3)4/h7-14,16-18,27H,15H2,1-6H3,(H,30,34)(H,32,35)/t27-/m0/s1. The third-order valence-electron chi connectivity index (χ3n) is 6.30. The van der Waals surface area contributed by atoms with Crippen LogP contribution >= 0.6 is 11.8 Å². The molecule has 0 spiro atoms. The van der Waals surface area contributed by atoms with E-state index in [1.807, 2.05) is 43.2 Å². The summed E-state index contributed by atoms with van der Waals surface area (Å²) in [6.07, 6.45) is 0.206. The maximum Gasteiger partial charge on any atom is 0.255 e. The van der Waals surface area contributed by atoms with Gasteiger partial charge in [-0.05, 0) is 67.5 Å². The van der Waals surface area contributed by atoms with Crippen LogP contribution in [0.25, 0.3) is 0 Å². The number of methoxy groups -OCH3 is 1. The lowest BCUT2D eigenvalue weighted by molar-refractivity contribution is -0.121. The van der Waals surface area contributed by atoms with Gasteiger partial charge in [0, 0.05) is 17.4 Å². The number of amides is 2. The number of rotatable bonds is 8. The number of nitrogens with one attached hydrogen (secondary N) is 2. The largest absolute Gasteiger partial charge is 0.497 e. The highest BCUT2D eigenvalue weighted by molar-refractivity contribution is 8.16. The molecule has 8 heteroatoms. The minimum atomic E-state index is -0.417. The zero-order valence-corrected chi connectivity index (χ0v) is 23.0. The molecule has 2 aromatic rings. The molecule has 2 aliphatic rings. The Morgan fingerprint density at radius 2 is 1.73 bits per heavy atom. The van der Waals surface area contributed by atoms with Crippen molar-refractivity contribution in [3.63, 3.8) is 0 Å². The van der Waals surface area contributed by atoms with Gasteiger partial charge in [-0.25, -0.2) is 4.99 Å². The van der Waals surface area contributed by atoms with Gasteiger partial charge in [-0.1, -0.05) is 49.9 Å². The van der Waals surface area contributed by atoms with Crippen LogP contribution in [-0.2, 0) is 9.59 Å². The van der Waals surface area contributed by atoms with E-state index in [0.717, 1.165) is 16.4 Å². The second-order valence-corrected chi connectivity index (χ2v) is 10.6. The SMILES string of the molecule is COc1ccc(NC(=O)C2=C(C)N=C3SC=C(CC(=O)NC(C)C)N3[C@H]2c2ccc(C(C)C)cc2)cc1. The van der Waals surface area contributed by atoms with E-state index < -0.39 is 6.04 Å². The van der Waals surface area contributed by atoms with Gasteiger partial charge in [-0.3, -0.25) is 9.59 Å². The van der Waals surface area contributed by atoms with E-state index in [0.29, 0.717) is 28.6 Å². The molecule has 2 aromatic carbocycles. The normalized spacial score (nSPS) is 17.0. The monoisotopic (exact) mass is 518 g/mol. The molecule has 0 aliphatic carbocycles. The molecule has 0 radical (unpaired) electrons. The van der Waals surface area contributed by atoms with E-state index in [-0.39, 0.29) is 24.3 Å². The Hall–Kier alpha value is -3.52. The van der Waals surface area contributed by atoms with Crippen LogP contribution < -0.4 is 15.4 Å². The lowest BCUT2D eigenvalue weighted by Gasteiger charge is -2.36. The predicted octanol–water partition coefficient (Wildman–Crippen LogP) is 5.95. The Morgan fingerprint density at radius 1 is 1.05 bits per heavy atom. The first kappa shape index (κ1) is 26.5. The number of hydrogen-bond acceptors (Lipinski definition) is 6. The van der Waals surface area contributed by atoms with E-state index in [1.165, 1.54) is 17.3 Å². The van der Waals surface area contributed by atoms with Crippen molar-refractivity contribution >= 4 is 34.4 Å². The van der Waals surface area contributed by atoms with Gasteiger partial charge >= 0.3 is 0 Å². The number of aliphatic imine (C=N–C) groups is 1. The molecule has 0 fully saturated rings. The highest BCUT2D eigenvalue weighted by Crippen LogP contribution is 2.45. The number of ether oxygens (including phenoxy) is 1. The average molecular weight is 519 g/mol. The fraction of sp³-hybridized carbons (Fsp3) is 0.345. The van der Waals surface area contributed by atoms with Gasteiger partial charge in [0.15, 0.2) is 5.17 Å². The van der Waals surface area contributed by atoms with Crippen molar-refractivity contribution in [3.8, 4) is 5.75 Å². The molecule has 4 rings (SSSR count). The fourth-order valence-electron chi connectivity index (χ4n) is 4.45. The maximum absolute atomic E-state index is 13.8. The quantitative estimate of drug-likeness (QED) is 0.451. The van der Waals surface area contributed by atoms with E-state index in [2.05, 4.69) is 48.7 Å². The fourth-order valence-corrected chi connectivity index (χ4v) is 5.41. The van der Waals surface area contributed by atoms with Crippen LogP contribution in [-0.4, -0.2) is 35.0 Å². The number of carbonyl (C=O) groups excluding carboxylic acids is 2. The van der Waals surface area contributed by atoms with Gasteiger partial charge in [0.1, 0.15) is 5.75 Å². The molecule has 2 amide bonds. The van der Waals surface area contributed by atoms with Crippen molar-refractivity contribution in [1.29, 1.82) is 0 Å². The third kappa shape index (κ3) is 5.91. The molecule has 0 saturated heterocycles. The number of hydrogen-bond donors (Lipinski definition) is 2. The molecule has 194 valence electrons. The summed E-state index contributed by atoms with van der Waals surface area (Å²) in [7, 11) is 1.61. The smallest absolute Gasteiger partial charge is 0.255 e. The van der Waals surface area contributed by atoms with Crippen LogP contribution in [0.15, 0.2) is 75.9 Å². The van der Waals surface area contributed by atoms with Crippen molar-refractivity contribution in [1.82, 2.24) is 10.2 Å². The van der Waals surface area contributed by atoms with Gasteiger partial charge in [0.25, 0.3) is 5.91 Å². The van der Waals surface area contributed by atoms with E-state index in [1.54, 1.807) is 19.2 Å². The van der Waals surface area contributed by atoms with Crippen LogP contribution in [0.2, 0.25) is 0 Å². The minimum Gasteiger partial charge on any atom is -0.497 e. The summed E-state index contributed by atoms with van der Waals surface area (Å²) in [6, 6.07) is 15.2. The summed E-state index contributed by atoms with van der Waals surface area (Å²) in [5.74, 6) is 0.816. The van der Waals surface area contributed by atoms with Crippen molar-refractivity contribution < 1.29 is 14.3 Å². The van der Waals surface area contributed by atoms with Crippen LogP contribution in [0, 0.1) is 0 Å². The molecule has 0 saturated carbocycles. The number of amidine groups is 1. The molecular weight excluding hydrogens is 484 g/mol. The summed E-state index contributed by atoms with van der Waals surface area (Å²) in [6.45, 7) is 10.1. The average Bonchev–Trinajstić information content (AvgIpc) is 3.24. The molecular formula is C29H34N4O3S. The second-order valence-electron chi connectivity index (χ2n) is 9.80. The first-order chi connectivity index (χ1) is 17.7. The van der Waals surface area contributed by atoms with Crippen molar-refractivity contribution in [3.05, 3.63) is 82.0 Å². The third-order valence-corrected chi connectivity index (χ3v) is 7.19. The molecule has 7 nitrogen and oxygen atoms in total. The summed E-state index contributed by atoms with van der Waals surface area (Å²) < 4.78 is 5.24. The number of nitrogens with zero attached hydrogens (tertiary/aromatic N) is 2. The van der Waals surface area contributed by atoms with Crippen LogP contribution in [0.5, 0.6) is 5.75 Å². The Balaban J connectivity index is 1.72. The second kappa shape index (κ2) is 11.3. The Morgan fingerprint density at radius 3 is 2.32 bits per heavy atom. The highest BCUT2D eigenvalue weighted by atomic mass is 32.2. The van der Waals surface area contributed by atoms with Gasteiger partial charge in [0.2, 0.25) is 5.91 Å². The summed E-state index contributed by atoms with van der Waals surface area (Å²) in [5.41, 5.74) is 4.88. The van der Waals surface area contributed by atoms with Gasteiger partial charge in [0.05, 0.1) is 30.8 Å². The molecule has 0 bridgehead atoms. The first-order valence-corrected chi connectivity index (χ1v) is 13.3. The number of thioether (sulfide) groups is 1. The Bertz CT molecular complexity index is 1260. The zero-order valence-electron chi connectivity index (χ0n) is 22.2. The lowest BCUT2D eigenvalue weighted by atomic mass is 9.91. The van der Waals surface area contributed by atoms with E-state index >= 15 is 0 Å². The van der Waals surface area contributed by atoms with Crippen LogP contribution in [0.3, 0.4) is 0 Å². The lowest BCUT2D eigenvalue weighted by Crippen LogP contribution is -2.39. The number of allylic oxidation sites excluding steroid dienone is 1. The highest BCUT2D eigenvalue weighted by Gasteiger charge is 2.40. The molecule has 1 atom stereocenters. The van der Waals surface area contributed by atoms with Crippen LogP contribution in [0.4, 0.5) is 5.69 Å². The van der Waals surface area contributed by atoms with E-state index in [4.69, 9.17) is 9.73 Å². The summed E-state index contributed by atoms with van der Waals surface area (Å²) >= 11 is 1.48. The van der Waals surface area contributed by atoms with Gasteiger partial charge in [-0.15, -0.1) is 0 Å². The molecule has 0 aromatic heterocycles. The van der Waals surface area contributed by atoms with Crippen molar-refractivity contribution in [2.24, 2.45) is 4.99 Å². The summed E-state index contributed by atoms with van der Waals surface area (Å²) in [5, 5.41) is 8.73.